The summed E-state index contributed by atoms with van der Waals surface area (Å²) >= 11 is 0. The Kier molecular flexibility index (Phi) is 5.44. The Bertz CT molecular complexity index is 1080. The summed E-state index contributed by atoms with van der Waals surface area (Å²) < 4.78 is 5.30. The number of carbonyl (C=O) groups excluding carboxylic acids is 2. The van der Waals surface area contributed by atoms with E-state index < -0.39 is 5.92 Å². The molecule has 160 valence electrons. The number of Topliss-reactive ketones (excluding diaryl/α,β-unsaturated/α-hetero) is 1. The fourth-order valence-electron chi connectivity index (χ4n) is 4.59. The van der Waals surface area contributed by atoms with Crippen molar-refractivity contribution in [3.63, 3.8) is 0 Å². The minimum absolute atomic E-state index is 0.0945. The van der Waals surface area contributed by atoms with E-state index in [0.29, 0.717) is 17.6 Å². The Morgan fingerprint density at radius 2 is 1.74 bits per heavy atom. The van der Waals surface area contributed by atoms with E-state index in [1.807, 2.05) is 61.5 Å². The predicted octanol–water partition coefficient (Wildman–Crippen LogP) is 4.94. The molecule has 1 amide bonds. The van der Waals surface area contributed by atoms with Crippen molar-refractivity contribution in [3.8, 4) is 5.75 Å². The summed E-state index contributed by atoms with van der Waals surface area (Å²) in [5.74, 6) is 0.201. The van der Waals surface area contributed by atoms with Crippen molar-refractivity contribution in [1.82, 2.24) is 5.32 Å². The molecule has 2 aromatic rings. The van der Waals surface area contributed by atoms with Crippen LogP contribution in [0.5, 0.6) is 5.75 Å². The Balaban J connectivity index is 1.80. The van der Waals surface area contributed by atoms with E-state index in [2.05, 4.69) is 24.5 Å². The topological polar surface area (TPSA) is 67.4 Å². The van der Waals surface area contributed by atoms with Crippen LogP contribution in [-0.2, 0) is 9.59 Å². The van der Waals surface area contributed by atoms with Gasteiger partial charge in [-0.2, -0.15) is 0 Å². The molecule has 1 aliphatic carbocycles. The molecule has 0 radical (unpaired) electrons. The van der Waals surface area contributed by atoms with Crippen molar-refractivity contribution in [3.05, 3.63) is 82.7 Å². The molecule has 2 aromatic carbocycles. The molecule has 0 saturated heterocycles. The number of ketones is 1. The standard InChI is InChI=1S/C26H28N2O3/c1-16-22(25(30)28-18-8-6-5-7-9-18)23(17-10-12-19(31-4)13-11-17)24-20(27-16)14-26(2,3)15-21(24)29/h5-13,23,27H,14-15H2,1-4H3,(H,28,30). The molecule has 2 aliphatic rings. The molecule has 1 aliphatic heterocycles. The lowest BCUT2D eigenvalue weighted by atomic mass is 9.68. The first-order chi connectivity index (χ1) is 14.8. The Morgan fingerprint density at radius 1 is 1.06 bits per heavy atom. The van der Waals surface area contributed by atoms with Crippen LogP contribution in [0.2, 0.25) is 0 Å². The number of hydrogen-bond donors (Lipinski definition) is 2. The molecule has 5 nitrogen and oxygen atoms in total. The number of rotatable bonds is 4. The predicted molar refractivity (Wildman–Crippen MR) is 122 cm³/mol. The minimum atomic E-state index is -0.422. The lowest BCUT2D eigenvalue weighted by Gasteiger charge is -2.39. The number of nitrogens with one attached hydrogen (secondary N) is 2. The van der Waals surface area contributed by atoms with E-state index in [1.165, 1.54) is 0 Å². The molecule has 0 bridgehead atoms. The highest BCUT2D eigenvalue weighted by molar-refractivity contribution is 6.09. The highest BCUT2D eigenvalue weighted by Crippen LogP contribution is 2.46. The zero-order valence-corrected chi connectivity index (χ0v) is 18.4. The molecule has 5 heteroatoms. The molecule has 31 heavy (non-hydrogen) atoms. The van der Waals surface area contributed by atoms with Gasteiger partial charge in [-0.3, -0.25) is 9.59 Å². The Hall–Kier alpha value is -3.34. The average molecular weight is 417 g/mol. The van der Waals surface area contributed by atoms with E-state index in [1.54, 1.807) is 7.11 Å². The number of carbonyl (C=O) groups is 2. The molecular weight excluding hydrogens is 388 g/mol. The number of para-hydroxylation sites is 1. The smallest absolute Gasteiger partial charge is 0.254 e. The molecule has 0 saturated carbocycles. The van der Waals surface area contributed by atoms with Crippen molar-refractivity contribution >= 4 is 17.4 Å². The molecule has 1 unspecified atom stereocenters. The summed E-state index contributed by atoms with van der Waals surface area (Å²) in [5.41, 5.74) is 4.48. The average Bonchev–Trinajstić information content (AvgIpc) is 2.72. The van der Waals surface area contributed by atoms with Gasteiger partial charge in [0.05, 0.1) is 7.11 Å². The van der Waals surface area contributed by atoms with Gasteiger partial charge in [-0.15, -0.1) is 0 Å². The fraction of sp³-hybridized carbons (Fsp3) is 0.308. The zero-order valence-electron chi connectivity index (χ0n) is 18.4. The Labute approximate surface area is 183 Å². The lowest BCUT2D eigenvalue weighted by molar-refractivity contribution is -0.118. The van der Waals surface area contributed by atoms with E-state index in [9.17, 15) is 9.59 Å². The number of anilines is 1. The first-order valence-corrected chi connectivity index (χ1v) is 10.5. The van der Waals surface area contributed by atoms with Gasteiger partial charge in [0.2, 0.25) is 0 Å². The third-order valence-corrected chi connectivity index (χ3v) is 5.97. The fourth-order valence-corrected chi connectivity index (χ4v) is 4.59. The number of hydrogen-bond acceptors (Lipinski definition) is 4. The minimum Gasteiger partial charge on any atom is -0.497 e. The highest BCUT2D eigenvalue weighted by atomic mass is 16.5. The van der Waals surface area contributed by atoms with Gasteiger partial charge in [-0.1, -0.05) is 44.2 Å². The SMILES string of the molecule is COc1ccc(C2C(C(=O)Nc3ccccc3)=C(C)NC3=C2C(=O)CC(C)(C)C3)cc1. The van der Waals surface area contributed by atoms with E-state index in [-0.39, 0.29) is 17.1 Å². The van der Waals surface area contributed by atoms with Gasteiger partial charge < -0.3 is 15.4 Å². The molecule has 1 atom stereocenters. The number of ether oxygens (including phenoxy) is 1. The van der Waals surface area contributed by atoms with Gasteiger partial charge in [0.15, 0.2) is 5.78 Å². The van der Waals surface area contributed by atoms with E-state index >= 15 is 0 Å². The van der Waals surface area contributed by atoms with Crippen LogP contribution in [0, 0.1) is 5.41 Å². The van der Waals surface area contributed by atoms with Crippen LogP contribution in [0.25, 0.3) is 0 Å². The van der Waals surface area contributed by atoms with Gasteiger partial charge in [-0.25, -0.2) is 0 Å². The summed E-state index contributed by atoms with van der Waals surface area (Å²) in [5, 5.41) is 6.39. The Morgan fingerprint density at radius 3 is 2.39 bits per heavy atom. The van der Waals surface area contributed by atoms with Gasteiger partial charge in [0, 0.05) is 40.6 Å². The second kappa shape index (κ2) is 8.06. The van der Waals surface area contributed by atoms with Crippen molar-refractivity contribution < 1.29 is 14.3 Å². The summed E-state index contributed by atoms with van der Waals surface area (Å²) in [7, 11) is 1.62. The van der Waals surface area contributed by atoms with Crippen molar-refractivity contribution in [1.29, 1.82) is 0 Å². The van der Waals surface area contributed by atoms with Crippen LogP contribution in [0.4, 0.5) is 5.69 Å². The van der Waals surface area contributed by atoms with Crippen LogP contribution in [0.1, 0.15) is 45.1 Å². The van der Waals surface area contributed by atoms with E-state index in [0.717, 1.165) is 34.8 Å². The second-order valence-electron chi connectivity index (χ2n) is 9.02. The molecule has 0 fully saturated rings. The quantitative estimate of drug-likeness (QED) is 0.741. The lowest BCUT2D eigenvalue weighted by Crippen LogP contribution is -2.39. The number of methoxy groups -OCH3 is 1. The van der Waals surface area contributed by atoms with Crippen molar-refractivity contribution in [2.45, 2.75) is 39.5 Å². The molecule has 0 aromatic heterocycles. The molecule has 0 spiro atoms. The summed E-state index contributed by atoms with van der Waals surface area (Å²) in [6, 6.07) is 17.0. The first kappa shape index (κ1) is 20.9. The summed E-state index contributed by atoms with van der Waals surface area (Å²) in [6.45, 7) is 6.12. The van der Waals surface area contributed by atoms with Crippen LogP contribution < -0.4 is 15.4 Å². The molecule has 2 N–H and O–H groups in total. The van der Waals surface area contributed by atoms with Gasteiger partial charge in [-0.05, 0) is 48.6 Å². The number of benzene rings is 2. The van der Waals surface area contributed by atoms with Crippen LogP contribution >= 0.6 is 0 Å². The third kappa shape index (κ3) is 4.13. The van der Waals surface area contributed by atoms with Crippen LogP contribution in [0.15, 0.2) is 77.1 Å². The third-order valence-electron chi connectivity index (χ3n) is 5.97. The normalized spacial score (nSPS) is 20.1. The van der Waals surface area contributed by atoms with Gasteiger partial charge >= 0.3 is 0 Å². The van der Waals surface area contributed by atoms with Gasteiger partial charge in [0.25, 0.3) is 5.91 Å². The van der Waals surface area contributed by atoms with Gasteiger partial charge in [0.1, 0.15) is 5.75 Å². The maximum Gasteiger partial charge on any atom is 0.254 e. The molecule has 4 rings (SSSR count). The first-order valence-electron chi connectivity index (χ1n) is 10.5. The van der Waals surface area contributed by atoms with E-state index in [4.69, 9.17) is 4.74 Å². The highest BCUT2D eigenvalue weighted by Gasteiger charge is 2.42. The molecular formula is C26H28N2O3. The maximum atomic E-state index is 13.4. The van der Waals surface area contributed by atoms with Crippen LogP contribution in [-0.4, -0.2) is 18.8 Å². The van der Waals surface area contributed by atoms with Crippen molar-refractivity contribution in [2.24, 2.45) is 5.41 Å². The summed E-state index contributed by atoms with van der Waals surface area (Å²) in [4.78, 5) is 26.7. The number of amides is 1. The number of dihydropyridines is 1. The largest absolute Gasteiger partial charge is 0.497 e. The van der Waals surface area contributed by atoms with Crippen molar-refractivity contribution in [2.75, 3.05) is 12.4 Å². The zero-order chi connectivity index (χ0) is 22.2. The monoisotopic (exact) mass is 416 g/mol. The number of allylic oxidation sites excluding steroid dienone is 3. The second-order valence-corrected chi connectivity index (χ2v) is 9.02. The maximum absolute atomic E-state index is 13.4. The summed E-state index contributed by atoms with van der Waals surface area (Å²) in [6.07, 6.45) is 1.23. The van der Waals surface area contributed by atoms with Crippen LogP contribution in [0.3, 0.4) is 0 Å². The molecule has 1 heterocycles.